The van der Waals surface area contributed by atoms with Crippen LogP contribution in [-0.4, -0.2) is 52.5 Å². The summed E-state index contributed by atoms with van der Waals surface area (Å²) < 4.78 is 229. The first-order chi connectivity index (χ1) is 15.8. The van der Waals surface area contributed by atoms with Crippen molar-refractivity contribution in [3.63, 3.8) is 0 Å². The van der Waals surface area contributed by atoms with E-state index in [0.29, 0.717) is 0 Å². The fourth-order valence-electron chi connectivity index (χ4n) is 2.59. The zero-order valence-electron chi connectivity index (χ0n) is 17.0. The Morgan fingerprint density at radius 2 is 0.694 bits per heavy atom. The van der Waals surface area contributed by atoms with Crippen LogP contribution < -0.4 is 0 Å². The first-order valence-electron chi connectivity index (χ1n) is 9.01. The molecule has 1 rings (SSSR count). The lowest BCUT2D eigenvalue weighted by atomic mass is 10.2. The smallest absolute Gasteiger partial charge is 0.223 e. The molecular formula is C16H12F14O4S2. The van der Waals surface area contributed by atoms with Gasteiger partial charge in [0.1, 0.15) is 9.79 Å². The highest BCUT2D eigenvalue weighted by atomic mass is 32.2. The highest BCUT2D eigenvalue weighted by Crippen LogP contribution is 2.41. The van der Waals surface area contributed by atoms with E-state index in [1.807, 2.05) is 0 Å². The normalized spacial score (nSPS) is 14.4. The Hall–Kier alpha value is -1.86. The van der Waals surface area contributed by atoms with E-state index in [4.69, 9.17) is 0 Å². The van der Waals surface area contributed by atoms with Gasteiger partial charge in [-0.05, 0) is 12.8 Å². The summed E-state index contributed by atoms with van der Waals surface area (Å²) in [6, 6.07) is 0. The van der Waals surface area contributed by atoms with Crippen molar-refractivity contribution in [2.75, 3.05) is 11.5 Å². The minimum absolute atomic E-state index is 1.63. The second-order valence-corrected chi connectivity index (χ2v) is 11.3. The fourth-order valence-corrected chi connectivity index (χ4v) is 5.50. The Balaban J connectivity index is 3.30. The summed E-state index contributed by atoms with van der Waals surface area (Å²) in [7, 11) is -11.4. The first kappa shape index (κ1) is 32.2. The zero-order valence-corrected chi connectivity index (χ0v) is 18.6. The maximum atomic E-state index is 14.2. The zero-order chi connectivity index (χ0) is 28.7. The highest BCUT2D eigenvalue weighted by Gasteiger charge is 2.57. The van der Waals surface area contributed by atoms with Crippen molar-refractivity contribution in [1.29, 1.82) is 0 Å². The van der Waals surface area contributed by atoms with Gasteiger partial charge in [0.05, 0.1) is 11.5 Å². The lowest BCUT2D eigenvalue weighted by Gasteiger charge is -2.19. The summed E-state index contributed by atoms with van der Waals surface area (Å²) in [5, 5.41) is 0. The van der Waals surface area contributed by atoms with E-state index in [1.54, 1.807) is 0 Å². The van der Waals surface area contributed by atoms with Gasteiger partial charge in [0.2, 0.25) is 0 Å². The van der Waals surface area contributed by atoms with Crippen LogP contribution >= 0.6 is 0 Å². The Labute approximate surface area is 193 Å². The second kappa shape index (κ2) is 10.1. The monoisotopic (exact) mass is 598 g/mol. The van der Waals surface area contributed by atoms with Gasteiger partial charge < -0.3 is 0 Å². The minimum atomic E-state index is -6.13. The van der Waals surface area contributed by atoms with Crippen LogP contribution in [0.4, 0.5) is 61.5 Å². The minimum Gasteiger partial charge on any atom is -0.223 e. The quantitative estimate of drug-likeness (QED) is 0.254. The lowest BCUT2D eigenvalue weighted by Crippen LogP contribution is -2.36. The van der Waals surface area contributed by atoms with Gasteiger partial charge in [0.25, 0.3) is 0 Å². The summed E-state index contributed by atoms with van der Waals surface area (Å²) in [6.07, 6.45) is -20.0. The molecule has 0 unspecified atom stereocenters. The number of hydrogen-bond donors (Lipinski definition) is 0. The molecule has 0 bridgehead atoms. The van der Waals surface area contributed by atoms with Gasteiger partial charge in [0, 0.05) is 12.8 Å². The molecule has 0 N–H and O–H groups in total. The third kappa shape index (κ3) is 6.71. The maximum Gasteiger partial charge on any atom is 0.453 e. The summed E-state index contributed by atoms with van der Waals surface area (Å²) in [6.45, 7) is 0. The average Bonchev–Trinajstić information content (AvgIpc) is 2.63. The van der Waals surface area contributed by atoms with Gasteiger partial charge in [-0.1, -0.05) is 0 Å². The molecule has 0 spiro atoms. The van der Waals surface area contributed by atoms with E-state index >= 15 is 0 Å². The van der Waals surface area contributed by atoms with E-state index in [2.05, 4.69) is 0 Å². The highest BCUT2D eigenvalue weighted by molar-refractivity contribution is 7.92. The van der Waals surface area contributed by atoms with E-state index in [9.17, 15) is 78.3 Å². The average molecular weight is 598 g/mol. The van der Waals surface area contributed by atoms with E-state index in [0.717, 1.165) is 0 Å². The van der Waals surface area contributed by atoms with Crippen molar-refractivity contribution in [3.8, 4) is 0 Å². The molecule has 0 saturated carbocycles. The van der Waals surface area contributed by atoms with Crippen molar-refractivity contribution >= 4 is 19.7 Å². The van der Waals surface area contributed by atoms with Gasteiger partial charge >= 0.3 is 24.2 Å². The van der Waals surface area contributed by atoms with Crippen molar-refractivity contribution in [2.45, 2.75) is 59.7 Å². The van der Waals surface area contributed by atoms with Crippen molar-refractivity contribution < 1.29 is 78.3 Å². The van der Waals surface area contributed by atoms with E-state index < -0.39 is 114 Å². The number of rotatable bonds is 10. The molecule has 0 aliphatic carbocycles. The predicted octanol–water partition coefficient (Wildman–Crippen LogP) is 5.75. The SMILES string of the molecule is O=S(=O)(CCCC(F)(F)C(F)(F)F)c1c(F)c(F)c(S(=O)(=O)CCCC(F)(F)C(F)(F)F)c(F)c1F. The Kier molecular flexibility index (Phi) is 9.05. The molecule has 1 aromatic rings. The maximum absolute atomic E-state index is 14.2. The largest absolute Gasteiger partial charge is 0.453 e. The molecule has 36 heavy (non-hydrogen) atoms. The standard InChI is InChI=1S/C16H12F14O4S2/c17-7-9(19)12(36(33,34)6-2-4-14(23,24)16(28,29)30)10(20)8(18)11(7)35(31,32)5-1-3-13(21,22)15(25,26)27/h1-6H2. The molecule has 0 heterocycles. The van der Waals surface area contributed by atoms with Crippen molar-refractivity contribution in [2.24, 2.45) is 0 Å². The molecule has 4 nitrogen and oxygen atoms in total. The van der Waals surface area contributed by atoms with Crippen LogP contribution in [0.3, 0.4) is 0 Å². The summed E-state index contributed by atoms with van der Waals surface area (Å²) in [4.78, 5) is -5.12. The lowest BCUT2D eigenvalue weighted by molar-refractivity contribution is -0.284. The van der Waals surface area contributed by atoms with Gasteiger partial charge in [-0.3, -0.25) is 0 Å². The van der Waals surface area contributed by atoms with Crippen LogP contribution in [0.15, 0.2) is 9.79 Å². The predicted molar refractivity (Wildman–Crippen MR) is 90.9 cm³/mol. The van der Waals surface area contributed by atoms with Crippen molar-refractivity contribution in [3.05, 3.63) is 23.3 Å². The number of halogens is 14. The third-order valence-corrected chi connectivity index (χ3v) is 8.06. The molecule has 0 aliphatic rings. The molecule has 0 saturated heterocycles. The topological polar surface area (TPSA) is 68.3 Å². The molecule has 0 aliphatic heterocycles. The van der Waals surface area contributed by atoms with Crippen LogP contribution in [-0.2, 0) is 19.7 Å². The second-order valence-electron chi connectivity index (χ2n) is 7.16. The fraction of sp³-hybridized carbons (Fsp3) is 0.625. The van der Waals surface area contributed by atoms with Crippen LogP contribution in [0.2, 0.25) is 0 Å². The van der Waals surface area contributed by atoms with Crippen molar-refractivity contribution in [1.82, 2.24) is 0 Å². The van der Waals surface area contributed by atoms with Crippen LogP contribution in [0.5, 0.6) is 0 Å². The Morgan fingerprint density at radius 3 is 0.889 bits per heavy atom. The molecule has 0 radical (unpaired) electrons. The number of benzene rings is 1. The molecule has 20 heteroatoms. The molecule has 0 amide bonds. The summed E-state index contributed by atoms with van der Waals surface area (Å²) in [5.41, 5.74) is 0. The Bertz CT molecular complexity index is 1060. The van der Waals surface area contributed by atoms with Gasteiger partial charge in [-0.15, -0.1) is 0 Å². The first-order valence-corrected chi connectivity index (χ1v) is 12.3. The van der Waals surface area contributed by atoms with Crippen LogP contribution in [0.1, 0.15) is 25.7 Å². The molecule has 210 valence electrons. The summed E-state index contributed by atoms with van der Waals surface area (Å²) in [5.74, 6) is -26.5. The number of sulfone groups is 2. The number of hydrogen-bond acceptors (Lipinski definition) is 4. The number of alkyl halides is 10. The molecule has 0 atom stereocenters. The van der Waals surface area contributed by atoms with Gasteiger partial charge in [0.15, 0.2) is 42.9 Å². The third-order valence-electron chi connectivity index (χ3n) is 4.44. The van der Waals surface area contributed by atoms with Crippen LogP contribution in [0.25, 0.3) is 0 Å². The molecule has 1 aromatic carbocycles. The molecular weight excluding hydrogens is 586 g/mol. The van der Waals surface area contributed by atoms with Crippen LogP contribution in [0, 0.1) is 23.3 Å². The summed E-state index contributed by atoms with van der Waals surface area (Å²) >= 11 is 0. The van der Waals surface area contributed by atoms with Gasteiger partial charge in [-0.2, -0.15) is 43.9 Å². The van der Waals surface area contributed by atoms with E-state index in [-0.39, 0.29) is 0 Å². The molecule has 0 aromatic heterocycles. The molecule has 0 fully saturated rings. The van der Waals surface area contributed by atoms with Gasteiger partial charge in [-0.25, -0.2) is 34.4 Å². The Morgan fingerprint density at radius 1 is 0.472 bits per heavy atom. The van der Waals surface area contributed by atoms with E-state index in [1.165, 1.54) is 0 Å².